The third-order valence-electron chi connectivity index (χ3n) is 2.96. The highest BCUT2D eigenvalue weighted by atomic mass is 16.5. The van der Waals surface area contributed by atoms with E-state index < -0.39 is 0 Å². The SMILES string of the molecule is CCCOCCN1CCC(OC(C)(C)C)CC1. The lowest BCUT2D eigenvalue weighted by Crippen LogP contribution is -2.41. The zero-order valence-corrected chi connectivity index (χ0v) is 12.0. The Morgan fingerprint density at radius 3 is 2.29 bits per heavy atom. The van der Waals surface area contributed by atoms with E-state index in [1.54, 1.807) is 0 Å². The van der Waals surface area contributed by atoms with Crippen molar-refractivity contribution >= 4 is 0 Å². The van der Waals surface area contributed by atoms with Crippen LogP contribution in [-0.4, -0.2) is 49.5 Å². The summed E-state index contributed by atoms with van der Waals surface area (Å²) in [6.07, 6.45) is 3.88. The Morgan fingerprint density at radius 1 is 1.12 bits per heavy atom. The van der Waals surface area contributed by atoms with Crippen molar-refractivity contribution in [2.45, 2.75) is 58.7 Å². The van der Waals surface area contributed by atoms with Gasteiger partial charge in [-0.05, 0) is 40.0 Å². The maximum Gasteiger partial charge on any atom is 0.0606 e. The predicted octanol–water partition coefficient (Wildman–Crippen LogP) is 2.69. The fourth-order valence-electron chi connectivity index (χ4n) is 2.19. The minimum absolute atomic E-state index is 0.00290. The van der Waals surface area contributed by atoms with Crippen LogP contribution in [0.4, 0.5) is 0 Å². The highest BCUT2D eigenvalue weighted by Gasteiger charge is 2.23. The van der Waals surface area contributed by atoms with Gasteiger partial charge in [-0.15, -0.1) is 0 Å². The predicted molar refractivity (Wildman–Crippen MR) is 71.4 cm³/mol. The molecule has 3 nitrogen and oxygen atoms in total. The topological polar surface area (TPSA) is 21.7 Å². The van der Waals surface area contributed by atoms with Gasteiger partial charge in [0, 0.05) is 26.2 Å². The van der Waals surface area contributed by atoms with Crippen LogP contribution in [0.3, 0.4) is 0 Å². The third kappa shape index (κ3) is 7.02. The van der Waals surface area contributed by atoms with Crippen molar-refractivity contribution in [2.24, 2.45) is 0 Å². The smallest absolute Gasteiger partial charge is 0.0606 e. The highest BCUT2D eigenvalue weighted by Crippen LogP contribution is 2.19. The molecule has 0 unspecified atom stereocenters. The lowest BCUT2D eigenvalue weighted by Gasteiger charge is -2.35. The van der Waals surface area contributed by atoms with Crippen LogP contribution in [0.25, 0.3) is 0 Å². The van der Waals surface area contributed by atoms with E-state index in [1.165, 1.54) is 0 Å². The maximum absolute atomic E-state index is 6.01. The van der Waals surface area contributed by atoms with Crippen LogP contribution in [0, 0.1) is 0 Å². The van der Waals surface area contributed by atoms with Gasteiger partial charge in [0.05, 0.1) is 18.3 Å². The molecule has 0 amide bonds. The van der Waals surface area contributed by atoms with Crippen LogP contribution in [0.15, 0.2) is 0 Å². The molecular weight excluding hydrogens is 214 g/mol. The van der Waals surface area contributed by atoms with Gasteiger partial charge in [-0.1, -0.05) is 6.92 Å². The number of likely N-dealkylation sites (tertiary alicyclic amines) is 1. The van der Waals surface area contributed by atoms with E-state index in [0.29, 0.717) is 6.10 Å². The van der Waals surface area contributed by atoms with Crippen LogP contribution in [0.1, 0.15) is 47.0 Å². The monoisotopic (exact) mass is 243 g/mol. The fraction of sp³-hybridized carbons (Fsp3) is 1.00. The van der Waals surface area contributed by atoms with Crippen LogP contribution < -0.4 is 0 Å². The Kier molecular flexibility index (Phi) is 6.45. The van der Waals surface area contributed by atoms with Crippen molar-refractivity contribution in [3.8, 4) is 0 Å². The Hall–Kier alpha value is -0.120. The van der Waals surface area contributed by atoms with Crippen LogP contribution in [0.2, 0.25) is 0 Å². The minimum atomic E-state index is -0.00290. The van der Waals surface area contributed by atoms with E-state index in [9.17, 15) is 0 Å². The number of nitrogens with zero attached hydrogens (tertiary/aromatic N) is 1. The lowest BCUT2D eigenvalue weighted by molar-refractivity contribution is -0.0833. The second-order valence-corrected chi connectivity index (χ2v) is 5.88. The third-order valence-corrected chi connectivity index (χ3v) is 2.96. The van der Waals surface area contributed by atoms with Crippen molar-refractivity contribution in [3.63, 3.8) is 0 Å². The molecule has 1 rings (SSSR count). The van der Waals surface area contributed by atoms with Crippen molar-refractivity contribution in [3.05, 3.63) is 0 Å². The first-order chi connectivity index (χ1) is 8.01. The molecule has 0 atom stereocenters. The summed E-state index contributed by atoms with van der Waals surface area (Å²) >= 11 is 0. The van der Waals surface area contributed by atoms with Gasteiger partial charge in [-0.3, -0.25) is 0 Å². The van der Waals surface area contributed by atoms with Gasteiger partial charge in [-0.2, -0.15) is 0 Å². The Bertz CT molecular complexity index is 193. The van der Waals surface area contributed by atoms with Crippen molar-refractivity contribution in [1.29, 1.82) is 0 Å². The zero-order chi connectivity index (χ0) is 12.7. The van der Waals surface area contributed by atoms with Gasteiger partial charge in [-0.25, -0.2) is 0 Å². The molecule has 1 heterocycles. The summed E-state index contributed by atoms with van der Waals surface area (Å²) in [5.41, 5.74) is -0.00290. The fourth-order valence-corrected chi connectivity index (χ4v) is 2.19. The molecule has 0 radical (unpaired) electrons. The summed E-state index contributed by atoms with van der Waals surface area (Å²) in [5, 5.41) is 0. The number of hydrogen-bond donors (Lipinski definition) is 0. The molecule has 1 saturated heterocycles. The Labute approximate surface area is 106 Å². The first-order valence-corrected chi connectivity index (χ1v) is 6.99. The molecule has 0 aromatic heterocycles. The van der Waals surface area contributed by atoms with Gasteiger partial charge >= 0.3 is 0 Å². The summed E-state index contributed by atoms with van der Waals surface area (Å²) in [6.45, 7) is 13.7. The molecular formula is C14H29NO2. The Morgan fingerprint density at radius 2 is 1.76 bits per heavy atom. The minimum Gasteiger partial charge on any atom is -0.380 e. The second kappa shape index (κ2) is 7.34. The number of piperidine rings is 1. The summed E-state index contributed by atoms with van der Waals surface area (Å²) < 4.78 is 11.5. The number of rotatable bonds is 6. The molecule has 17 heavy (non-hydrogen) atoms. The molecule has 0 aromatic carbocycles. The quantitative estimate of drug-likeness (QED) is 0.670. The standard InChI is InChI=1S/C14H29NO2/c1-5-11-16-12-10-15-8-6-13(7-9-15)17-14(2,3)4/h13H,5-12H2,1-4H3. The van der Waals surface area contributed by atoms with E-state index in [-0.39, 0.29) is 5.60 Å². The van der Waals surface area contributed by atoms with E-state index in [1.807, 2.05) is 0 Å². The van der Waals surface area contributed by atoms with E-state index in [4.69, 9.17) is 9.47 Å². The first-order valence-electron chi connectivity index (χ1n) is 6.99. The molecule has 0 aromatic rings. The number of ether oxygens (including phenoxy) is 2. The second-order valence-electron chi connectivity index (χ2n) is 5.88. The van der Waals surface area contributed by atoms with E-state index >= 15 is 0 Å². The largest absolute Gasteiger partial charge is 0.380 e. The van der Waals surface area contributed by atoms with Crippen LogP contribution >= 0.6 is 0 Å². The highest BCUT2D eigenvalue weighted by molar-refractivity contribution is 4.75. The van der Waals surface area contributed by atoms with Crippen molar-refractivity contribution in [1.82, 2.24) is 4.90 Å². The number of hydrogen-bond acceptors (Lipinski definition) is 3. The van der Waals surface area contributed by atoms with Gasteiger partial charge in [0.1, 0.15) is 0 Å². The summed E-state index contributed by atoms with van der Waals surface area (Å²) in [6, 6.07) is 0. The lowest BCUT2D eigenvalue weighted by atomic mass is 10.1. The van der Waals surface area contributed by atoms with Crippen molar-refractivity contribution in [2.75, 3.05) is 32.8 Å². The van der Waals surface area contributed by atoms with Crippen LogP contribution in [-0.2, 0) is 9.47 Å². The summed E-state index contributed by atoms with van der Waals surface area (Å²) in [4.78, 5) is 2.48. The maximum atomic E-state index is 6.01. The molecule has 0 N–H and O–H groups in total. The van der Waals surface area contributed by atoms with Crippen LogP contribution in [0.5, 0.6) is 0 Å². The van der Waals surface area contributed by atoms with E-state index in [2.05, 4.69) is 32.6 Å². The molecule has 1 fully saturated rings. The van der Waals surface area contributed by atoms with Gasteiger partial charge in [0.25, 0.3) is 0 Å². The normalized spacial score (nSPS) is 19.8. The van der Waals surface area contributed by atoms with Gasteiger partial charge in [0.2, 0.25) is 0 Å². The first kappa shape index (κ1) is 14.9. The van der Waals surface area contributed by atoms with Gasteiger partial charge in [0.15, 0.2) is 0 Å². The van der Waals surface area contributed by atoms with Gasteiger partial charge < -0.3 is 14.4 Å². The molecule has 0 spiro atoms. The Balaban J connectivity index is 2.09. The molecule has 3 heteroatoms. The molecule has 1 aliphatic rings. The summed E-state index contributed by atoms with van der Waals surface area (Å²) in [7, 11) is 0. The summed E-state index contributed by atoms with van der Waals surface area (Å²) in [5.74, 6) is 0. The zero-order valence-electron chi connectivity index (χ0n) is 12.0. The molecule has 0 saturated carbocycles. The average Bonchev–Trinajstić information content (AvgIpc) is 2.25. The average molecular weight is 243 g/mol. The van der Waals surface area contributed by atoms with E-state index in [0.717, 1.165) is 52.1 Å². The molecule has 102 valence electrons. The van der Waals surface area contributed by atoms with Crippen molar-refractivity contribution < 1.29 is 9.47 Å². The molecule has 0 aliphatic carbocycles. The molecule has 1 aliphatic heterocycles. The molecule has 0 bridgehead atoms.